The Morgan fingerprint density at radius 2 is 2.37 bits per heavy atom. The molecule has 0 saturated carbocycles. The molecule has 2 atom stereocenters. The Bertz CT molecular complexity index is 424. The van der Waals surface area contributed by atoms with E-state index >= 15 is 0 Å². The SMILES string of the molecule is CCCNC1(c2nc3c(s2)CCC3)CCOC(C)C1. The number of nitrogens with one attached hydrogen (secondary N) is 1. The molecule has 1 saturated heterocycles. The Kier molecular flexibility index (Phi) is 3.92. The lowest BCUT2D eigenvalue weighted by Crippen LogP contribution is -2.49. The number of thiazole rings is 1. The van der Waals surface area contributed by atoms with Crippen LogP contribution in [0, 0.1) is 0 Å². The number of hydrogen-bond acceptors (Lipinski definition) is 4. The van der Waals surface area contributed by atoms with Gasteiger partial charge in [0.25, 0.3) is 0 Å². The van der Waals surface area contributed by atoms with Gasteiger partial charge in [-0.25, -0.2) is 4.98 Å². The Hall–Kier alpha value is -0.450. The monoisotopic (exact) mass is 280 g/mol. The highest BCUT2D eigenvalue weighted by Crippen LogP contribution is 2.40. The largest absolute Gasteiger partial charge is 0.378 e. The Morgan fingerprint density at radius 1 is 1.47 bits per heavy atom. The average molecular weight is 280 g/mol. The van der Waals surface area contributed by atoms with E-state index in [1.807, 2.05) is 11.3 Å². The van der Waals surface area contributed by atoms with Crippen LogP contribution in [-0.2, 0) is 23.1 Å². The molecule has 0 radical (unpaired) electrons. The van der Waals surface area contributed by atoms with Crippen molar-refractivity contribution in [3.63, 3.8) is 0 Å². The van der Waals surface area contributed by atoms with Crippen LogP contribution in [0.1, 0.15) is 55.1 Å². The minimum absolute atomic E-state index is 0.0721. The fourth-order valence-electron chi connectivity index (χ4n) is 3.28. The minimum Gasteiger partial charge on any atom is -0.378 e. The lowest BCUT2D eigenvalue weighted by molar-refractivity contribution is -0.0207. The highest BCUT2D eigenvalue weighted by atomic mass is 32.1. The van der Waals surface area contributed by atoms with Gasteiger partial charge in [-0.15, -0.1) is 11.3 Å². The van der Waals surface area contributed by atoms with Crippen molar-refractivity contribution in [3.05, 3.63) is 15.6 Å². The third kappa shape index (κ3) is 2.58. The van der Waals surface area contributed by atoms with E-state index in [9.17, 15) is 0 Å². The molecular formula is C15H24N2OS. The van der Waals surface area contributed by atoms with Gasteiger partial charge in [0, 0.05) is 11.5 Å². The van der Waals surface area contributed by atoms with Gasteiger partial charge in [-0.3, -0.25) is 0 Å². The second-order valence-corrected chi connectivity index (χ2v) is 6.97. The highest BCUT2D eigenvalue weighted by molar-refractivity contribution is 7.12. The molecule has 0 bridgehead atoms. The highest BCUT2D eigenvalue weighted by Gasteiger charge is 2.40. The molecule has 106 valence electrons. The van der Waals surface area contributed by atoms with Crippen molar-refractivity contribution in [3.8, 4) is 0 Å². The lowest BCUT2D eigenvalue weighted by atomic mass is 9.87. The maximum atomic E-state index is 5.75. The van der Waals surface area contributed by atoms with Crippen LogP contribution in [0.5, 0.6) is 0 Å². The molecule has 4 heteroatoms. The summed E-state index contributed by atoms with van der Waals surface area (Å²) in [6.45, 7) is 6.33. The molecule has 3 rings (SSSR count). The van der Waals surface area contributed by atoms with Crippen molar-refractivity contribution in [1.29, 1.82) is 0 Å². The van der Waals surface area contributed by atoms with Crippen LogP contribution in [0.4, 0.5) is 0 Å². The van der Waals surface area contributed by atoms with Crippen LogP contribution in [0.15, 0.2) is 0 Å². The number of rotatable bonds is 4. The first-order chi connectivity index (χ1) is 9.23. The second-order valence-electron chi connectivity index (χ2n) is 5.89. The number of ether oxygens (including phenoxy) is 1. The first-order valence-corrected chi connectivity index (χ1v) is 8.41. The van der Waals surface area contributed by atoms with Gasteiger partial charge in [0.2, 0.25) is 0 Å². The van der Waals surface area contributed by atoms with Gasteiger partial charge in [-0.05, 0) is 52.0 Å². The summed E-state index contributed by atoms with van der Waals surface area (Å²) in [6, 6.07) is 0. The number of aromatic nitrogens is 1. The van der Waals surface area contributed by atoms with Crippen molar-refractivity contribution < 1.29 is 4.74 Å². The standard InChI is InChI=1S/C15H24N2OS/c1-3-8-16-15(7-9-18-11(2)10-15)14-17-12-5-4-6-13(12)19-14/h11,16H,3-10H2,1-2H3. The summed E-state index contributed by atoms with van der Waals surface area (Å²) in [5, 5.41) is 5.11. The molecule has 1 aromatic rings. The number of hydrogen-bond donors (Lipinski definition) is 1. The predicted molar refractivity (Wildman–Crippen MR) is 78.8 cm³/mol. The number of aryl methyl sites for hydroxylation is 2. The van der Waals surface area contributed by atoms with Gasteiger partial charge < -0.3 is 10.1 Å². The molecule has 1 aromatic heterocycles. The smallest absolute Gasteiger partial charge is 0.113 e. The maximum absolute atomic E-state index is 5.75. The molecule has 1 aliphatic heterocycles. The van der Waals surface area contributed by atoms with Gasteiger partial charge in [0.1, 0.15) is 5.01 Å². The molecule has 2 unspecified atom stereocenters. The van der Waals surface area contributed by atoms with E-state index in [0.717, 1.165) is 26.0 Å². The average Bonchev–Trinajstić information content (AvgIpc) is 2.97. The van der Waals surface area contributed by atoms with E-state index in [4.69, 9.17) is 9.72 Å². The molecule has 0 amide bonds. The Morgan fingerprint density at radius 3 is 3.11 bits per heavy atom. The van der Waals surface area contributed by atoms with Gasteiger partial charge in [0.05, 0.1) is 17.3 Å². The zero-order chi connectivity index (χ0) is 13.3. The van der Waals surface area contributed by atoms with E-state index in [1.54, 1.807) is 0 Å². The predicted octanol–water partition coefficient (Wildman–Crippen LogP) is 3.03. The summed E-state index contributed by atoms with van der Waals surface area (Å²) in [5.74, 6) is 0. The normalized spacial score (nSPS) is 30.5. The van der Waals surface area contributed by atoms with Crippen LogP contribution in [-0.4, -0.2) is 24.2 Å². The maximum Gasteiger partial charge on any atom is 0.113 e. The molecular weight excluding hydrogens is 256 g/mol. The van der Waals surface area contributed by atoms with E-state index in [2.05, 4.69) is 19.2 Å². The van der Waals surface area contributed by atoms with E-state index in [0.29, 0.717) is 6.10 Å². The zero-order valence-corrected chi connectivity index (χ0v) is 12.8. The van der Waals surface area contributed by atoms with Crippen molar-refractivity contribution in [2.45, 2.75) is 64.0 Å². The van der Waals surface area contributed by atoms with E-state index in [-0.39, 0.29) is 5.54 Å². The van der Waals surface area contributed by atoms with Crippen LogP contribution in [0.3, 0.4) is 0 Å². The molecule has 2 aliphatic rings. The summed E-state index contributed by atoms with van der Waals surface area (Å²) in [4.78, 5) is 6.51. The molecule has 1 fully saturated rings. The van der Waals surface area contributed by atoms with Crippen LogP contribution in [0.2, 0.25) is 0 Å². The number of nitrogens with zero attached hydrogens (tertiary/aromatic N) is 1. The van der Waals surface area contributed by atoms with Crippen molar-refractivity contribution in [2.24, 2.45) is 0 Å². The molecule has 2 heterocycles. The van der Waals surface area contributed by atoms with Crippen LogP contribution >= 0.6 is 11.3 Å². The van der Waals surface area contributed by atoms with Gasteiger partial charge in [0.15, 0.2) is 0 Å². The number of fused-ring (bicyclic) bond motifs is 1. The van der Waals surface area contributed by atoms with E-state index in [1.165, 1.54) is 41.3 Å². The first-order valence-electron chi connectivity index (χ1n) is 7.59. The quantitative estimate of drug-likeness (QED) is 0.920. The molecule has 3 nitrogen and oxygen atoms in total. The molecule has 1 N–H and O–H groups in total. The fourth-order valence-corrected chi connectivity index (χ4v) is 4.63. The van der Waals surface area contributed by atoms with Crippen LogP contribution < -0.4 is 5.32 Å². The molecule has 19 heavy (non-hydrogen) atoms. The second kappa shape index (κ2) is 5.51. The van der Waals surface area contributed by atoms with Gasteiger partial charge in [-0.1, -0.05) is 6.92 Å². The van der Waals surface area contributed by atoms with E-state index < -0.39 is 0 Å². The summed E-state index contributed by atoms with van der Waals surface area (Å²) >= 11 is 1.95. The summed E-state index contributed by atoms with van der Waals surface area (Å²) in [7, 11) is 0. The zero-order valence-electron chi connectivity index (χ0n) is 12.0. The first kappa shape index (κ1) is 13.5. The molecule has 1 aliphatic carbocycles. The lowest BCUT2D eigenvalue weighted by Gasteiger charge is -2.39. The van der Waals surface area contributed by atoms with Crippen LogP contribution in [0.25, 0.3) is 0 Å². The topological polar surface area (TPSA) is 34.2 Å². The van der Waals surface area contributed by atoms with Crippen molar-refractivity contribution >= 4 is 11.3 Å². The Labute approximate surface area is 119 Å². The summed E-state index contributed by atoms with van der Waals surface area (Å²) in [5.41, 5.74) is 1.44. The Balaban J connectivity index is 1.88. The van der Waals surface area contributed by atoms with Gasteiger partial charge in [-0.2, -0.15) is 0 Å². The van der Waals surface area contributed by atoms with Crippen molar-refractivity contribution in [2.75, 3.05) is 13.2 Å². The fraction of sp³-hybridized carbons (Fsp3) is 0.800. The summed E-state index contributed by atoms with van der Waals surface area (Å²) < 4.78 is 5.75. The summed E-state index contributed by atoms with van der Waals surface area (Å²) in [6.07, 6.45) is 7.33. The molecule has 0 aromatic carbocycles. The van der Waals surface area contributed by atoms with Crippen molar-refractivity contribution in [1.82, 2.24) is 10.3 Å². The van der Waals surface area contributed by atoms with Gasteiger partial charge >= 0.3 is 0 Å². The third-order valence-corrected chi connectivity index (χ3v) is 5.65. The molecule has 0 spiro atoms. The third-order valence-electron chi connectivity index (χ3n) is 4.29. The minimum atomic E-state index is 0.0721.